The Kier molecular flexibility index (Phi) is 3.82. The molecular formula is C13H16FN3O. The quantitative estimate of drug-likeness (QED) is 0.885. The molecule has 0 aliphatic rings. The van der Waals surface area contributed by atoms with Gasteiger partial charge in [0.1, 0.15) is 0 Å². The van der Waals surface area contributed by atoms with E-state index in [2.05, 4.69) is 10.3 Å². The molecule has 0 spiro atoms. The van der Waals surface area contributed by atoms with Gasteiger partial charge in [-0.05, 0) is 26.0 Å². The molecule has 1 aromatic heterocycles. The standard InChI is InChI=1S/C13H16FN3O/c1-3-15-13-16-7-8-17(13)10-5-6-12(18-4-2)11(14)9-10/h5-9H,3-4H2,1-2H3,(H,15,16). The first-order valence-corrected chi connectivity index (χ1v) is 5.96. The van der Waals surface area contributed by atoms with Crippen molar-refractivity contribution in [2.24, 2.45) is 0 Å². The lowest BCUT2D eigenvalue weighted by Crippen LogP contribution is -2.05. The first-order valence-electron chi connectivity index (χ1n) is 5.96. The SMILES string of the molecule is CCNc1nccn1-c1ccc(OCC)c(F)c1. The maximum Gasteiger partial charge on any atom is 0.207 e. The lowest BCUT2D eigenvalue weighted by atomic mass is 10.3. The van der Waals surface area contributed by atoms with E-state index >= 15 is 0 Å². The van der Waals surface area contributed by atoms with Gasteiger partial charge in [-0.15, -0.1) is 0 Å². The van der Waals surface area contributed by atoms with Crippen molar-refractivity contribution in [2.45, 2.75) is 13.8 Å². The van der Waals surface area contributed by atoms with Gasteiger partial charge in [0.05, 0.1) is 12.3 Å². The summed E-state index contributed by atoms with van der Waals surface area (Å²) in [6, 6.07) is 4.87. The minimum absolute atomic E-state index is 0.270. The van der Waals surface area contributed by atoms with Crippen LogP contribution in [0.5, 0.6) is 5.75 Å². The number of nitrogens with zero attached hydrogens (tertiary/aromatic N) is 2. The van der Waals surface area contributed by atoms with Crippen LogP contribution in [0.2, 0.25) is 0 Å². The van der Waals surface area contributed by atoms with Gasteiger partial charge in [-0.1, -0.05) is 0 Å². The van der Waals surface area contributed by atoms with Crippen LogP contribution in [0.1, 0.15) is 13.8 Å². The third-order valence-corrected chi connectivity index (χ3v) is 2.47. The summed E-state index contributed by atoms with van der Waals surface area (Å²) in [5, 5.41) is 3.11. The maximum absolute atomic E-state index is 13.8. The molecule has 0 radical (unpaired) electrons. The fraction of sp³-hybridized carbons (Fsp3) is 0.308. The lowest BCUT2D eigenvalue weighted by molar-refractivity contribution is 0.321. The average molecular weight is 249 g/mol. The van der Waals surface area contributed by atoms with Gasteiger partial charge in [-0.2, -0.15) is 0 Å². The molecule has 0 saturated carbocycles. The van der Waals surface area contributed by atoms with Gasteiger partial charge >= 0.3 is 0 Å². The molecule has 0 aliphatic carbocycles. The number of anilines is 1. The molecule has 0 aliphatic heterocycles. The lowest BCUT2D eigenvalue weighted by Gasteiger charge is -2.10. The largest absolute Gasteiger partial charge is 0.491 e. The molecule has 0 unspecified atom stereocenters. The van der Waals surface area contributed by atoms with Gasteiger partial charge in [-0.3, -0.25) is 4.57 Å². The first-order chi connectivity index (χ1) is 8.76. The maximum atomic E-state index is 13.8. The molecule has 4 nitrogen and oxygen atoms in total. The fourth-order valence-corrected chi connectivity index (χ4v) is 1.71. The molecule has 0 amide bonds. The Morgan fingerprint density at radius 1 is 1.39 bits per heavy atom. The molecule has 0 bridgehead atoms. The van der Waals surface area contributed by atoms with Gasteiger partial charge in [0.15, 0.2) is 11.6 Å². The van der Waals surface area contributed by atoms with E-state index in [0.717, 1.165) is 6.54 Å². The number of hydrogen-bond acceptors (Lipinski definition) is 3. The van der Waals surface area contributed by atoms with Crippen molar-refractivity contribution in [3.8, 4) is 11.4 Å². The van der Waals surface area contributed by atoms with E-state index < -0.39 is 0 Å². The fourth-order valence-electron chi connectivity index (χ4n) is 1.71. The Hall–Kier alpha value is -2.04. The molecule has 96 valence electrons. The van der Waals surface area contributed by atoms with Crippen molar-refractivity contribution in [3.63, 3.8) is 0 Å². The van der Waals surface area contributed by atoms with Crippen LogP contribution in [0.15, 0.2) is 30.6 Å². The van der Waals surface area contributed by atoms with Crippen LogP contribution < -0.4 is 10.1 Å². The molecule has 1 N–H and O–H groups in total. The Bertz CT molecular complexity index is 525. The van der Waals surface area contributed by atoms with Crippen molar-refractivity contribution in [2.75, 3.05) is 18.5 Å². The molecule has 0 saturated heterocycles. The summed E-state index contributed by atoms with van der Waals surface area (Å²) < 4.78 is 20.7. The number of halogens is 1. The van der Waals surface area contributed by atoms with Gasteiger partial charge < -0.3 is 10.1 Å². The number of imidazole rings is 1. The van der Waals surface area contributed by atoms with Crippen molar-refractivity contribution in [3.05, 3.63) is 36.4 Å². The summed E-state index contributed by atoms with van der Waals surface area (Å²) in [7, 11) is 0. The van der Waals surface area contributed by atoms with Gasteiger partial charge in [0, 0.05) is 25.0 Å². The van der Waals surface area contributed by atoms with Crippen LogP contribution >= 0.6 is 0 Å². The molecule has 2 aromatic rings. The van der Waals surface area contributed by atoms with Crippen LogP contribution in [-0.2, 0) is 0 Å². The number of rotatable bonds is 5. The monoisotopic (exact) mass is 249 g/mol. The second-order valence-corrected chi connectivity index (χ2v) is 3.70. The van der Waals surface area contributed by atoms with Crippen molar-refractivity contribution >= 4 is 5.95 Å². The second-order valence-electron chi connectivity index (χ2n) is 3.70. The van der Waals surface area contributed by atoms with Crippen LogP contribution in [0, 0.1) is 5.82 Å². The van der Waals surface area contributed by atoms with E-state index in [-0.39, 0.29) is 11.6 Å². The average Bonchev–Trinajstić information content (AvgIpc) is 2.81. The zero-order chi connectivity index (χ0) is 13.0. The first kappa shape index (κ1) is 12.4. The number of benzene rings is 1. The van der Waals surface area contributed by atoms with Crippen LogP contribution in [0.4, 0.5) is 10.3 Å². The molecular weight excluding hydrogens is 233 g/mol. The minimum Gasteiger partial charge on any atom is -0.491 e. The molecule has 5 heteroatoms. The molecule has 0 atom stereocenters. The van der Waals surface area contributed by atoms with Crippen LogP contribution in [-0.4, -0.2) is 22.7 Å². The van der Waals surface area contributed by atoms with E-state index in [9.17, 15) is 4.39 Å². The van der Waals surface area contributed by atoms with Crippen LogP contribution in [0.25, 0.3) is 5.69 Å². The third-order valence-electron chi connectivity index (χ3n) is 2.47. The highest BCUT2D eigenvalue weighted by Crippen LogP contribution is 2.22. The molecule has 1 aromatic carbocycles. The molecule has 1 heterocycles. The normalized spacial score (nSPS) is 10.4. The topological polar surface area (TPSA) is 39.1 Å². The van der Waals surface area contributed by atoms with Crippen molar-refractivity contribution in [1.82, 2.24) is 9.55 Å². The van der Waals surface area contributed by atoms with E-state index in [1.165, 1.54) is 6.07 Å². The summed E-state index contributed by atoms with van der Waals surface area (Å²) >= 11 is 0. The van der Waals surface area contributed by atoms with Crippen molar-refractivity contribution < 1.29 is 9.13 Å². The van der Waals surface area contributed by atoms with E-state index in [1.54, 1.807) is 29.1 Å². The van der Waals surface area contributed by atoms with Gasteiger partial charge in [-0.25, -0.2) is 9.37 Å². The summed E-state index contributed by atoms with van der Waals surface area (Å²) in [6.45, 7) is 5.02. The minimum atomic E-state index is -0.370. The Morgan fingerprint density at radius 2 is 2.22 bits per heavy atom. The van der Waals surface area contributed by atoms with Gasteiger partial charge in [0.25, 0.3) is 0 Å². The summed E-state index contributed by atoms with van der Waals surface area (Å²) in [6.07, 6.45) is 3.46. The highest BCUT2D eigenvalue weighted by molar-refractivity contribution is 5.44. The van der Waals surface area contributed by atoms with E-state index in [4.69, 9.17) is 4.74 Å². The van der Waals surface area contributed by atoms with Crippen LogP contribution in [0.3, 0.4) is 0 Å². The number of aromatic nitrogens is 2. The number of nitrogens with one attached hydrogen (secondary N) is 1. The zero-order valence-electron chi connectivity index (χ0n) is 10.5. The van der Waals surface area contributed by atoms with E-state index in [0.29, 0.717) is 18.2 Å². The highest BCUT2D eigenvalue weighted by Gasteiger charge is 2.08. The Morgan fingerprint density at radius 3 is 2.89 bits per heavy atom. The van der Waals surface area contributed by atoms with Crippen molar-refractivity contribution in [1.29, 1.82) is 0 Å². The Balaban J connectivity index is 2.33. The molecule has 2 rings (SSSR count). The molecule has 0 fully saturated rings. The predicted octanol–water partition coefficient (Wildman–Crippen LogP) is 2.84. The summed E-state index contributed by atoms with van der Waals surface area (Å²) in [5.74, 6) is 0.595. The van der Waals surface area contributed by atoms with E-state index in [1.807, 2.05) is 13.8 Å². The predicted molar refractivity (Wildman–Crippen MR) is 68.9 cm³/mol. The zero-order valence-corrected chi connectivity index (χ0v) is 10.5. The molecule has 18 heavy (non-hydrogen) atoms. The number of ether oxygens (including phenoxy) is 1. The third kappa shape index (κ3) is 2.45. The number of hydrogen-bond donors (Lipinski definition) is 1. The summed E-state index contributed by atoms with van der Waals surface area (Å²) in [5.41, 5.74) is 0.712. The highest BCUT2D eigenvalue weighted by atomic mass is 19.1. The summed E-state index contributed by atoms with van der Waals surface area (Å²) in [4.78, 5) is 4.17. The van der Waals surface area contributed by atoms with Gasteiger partial charge in [0.2, 0.25) is 5.95 Å². The Labute approximate surface area is 105 Å². The smallest absolute Gasteiger partial charge is 0.207 e. The second kappa shape index (κ2) is 5.53.